The Kier molecular flexibility index (Phi) is 3.93. The number of nitrogens with zero attached hydrogens (tertiary/aromatic N) is 2. The minimum Gasteiger partial charge on any atom is -0.350 e. The van der Waals surface area contributed by atoms with E-state index in [0.29, 0.717) is 11.4 Å². The van der Waals surface area contributed by atoms with Crippen molar-refractivity contribution in [3.63, 3.8) is 0 Å². The zero-order valence-electron chi connectivity index (χ0n) is 10.4. The first-order valence-corrected chi connectivity index (χ1v) is 6.62. The minimum absolute atomic E-state index is 0.0834. The molecule has 0 fully saturated rings. The molecule has 1 unspecified atom stereocenters. The van der Waals surface area contributed by atoms with Crippen LogP contribution in [0.3, 0.4) is 0 Å². The van der Waals surface area contributed by atoms with Crippen LogP contribution >= 0.6 is 11.3 Å². The highest BCUT2D eigenvalue weighted by Gasteiger charge is 2.19. The van der Waals surface area contributed by atoms with Crippen LogP contribution in [0.2, 0.25) is 0 Å². The third kappa shape index (κ3) is 2.37. The number of hydrogen-bond donors (Lipinski definition) is 1. The van der Waals surface area contributed by atoms with Gasteiger partial charge in [-0.3, -0.25) is 0 Å². The Morgan fingerprint density at radius 3 is 2.89 bits per heavy atom. The maximum atomic E-state index is 14.1. The van der Waals surface area contributed by atoms with Crippen molar-refractivity contribution in [3.05, 3.63) is 46.0 Å². The van der Waals surface area contributed by atoms with Crippen molar-refractivity contribution >= 4 is 17.2 Å². The van der Waals surface area contributed by atoms with Crippen molar-refractivity contribution in [2.75, 3.05) is 11.9 Å². The van der Waals surface area contributed by atoms with E-state index in [0.717, 1.165) is 0 Å². The lowest BCUT2D eigenvalue weighted by molar-refractivity contribution is 0.589. The summed E-state index contributed by atoms with van der Waals surface area (Å²) in [5, 5.41) is 2.01. The van der Waals surface area contributed by atoms with Gasteiger partial charge in [-0.25, -0.2) is 9.37 Å². The van der Waals surface area contributed by atoms with E-state index in [1.54, 1.807) is 23.6 Å². The van der Waals surface area contributed by atoms with Crippen LogP contribution in [0.25, 0.3) is 0 Å². The number of hydrogen-bond acceptors (Lipinski definition) is 4. The average molecular weight is 265 g/mol. The van der Waals surface area contributed by atoms with Gasteiger partial charge in [-0.2, -0.15) is 0 Å². The summed E-state index contributed by atoms with van der Waals surface area (Å²) in [5.41, 5.74) is 6.00. The number of nitrogens with two attached hydrogens (primary N) is 1. The molecule has 0 saturated heterocycles. The van der Waals surface area contributed by atoms with Crippen LogP contribution in [0.15, 0.2) is 29.8 Å². The standard InChI is InChI=1S/C13H16FN3S/c1-9(11-4-3-7-18-11)17(2)13-12(14)10(8-15)5-6-16-13/h3-7,9H,8,15H2,1-2H3. The van der Waals surface area contributed by atoms with Crippen molar-refractivity contribution < 1.29 is 4.39 Å². The molecule has 2 aromatic heterocycles. The first-order valence-electron chi connectivity index (χ1n) is 5.74. The van der Waals surface area contributed by atoms with Crippen molar-refractivity contribution in [1.82, 2.24) is 4.98 Å². The molecular weight excluding hydrogens is 249 g/mol. The highest BCUT2D eigenvalue weighted by Crippen LogP contribution is 2.29. The fourth-order valence-electron chi connectivity index (χ4n) is 1.78. The molecule has 0 aliphatic carbocycles. The lowest BCUT2D eigenvalue weighted by Crippen LogP contribution is -2.23. The summed E-state index contributed by atoms with van der Waals surface area (Å²) in [6, 6.07) is 5.73. The van der Waals surface area contributed by atoms with E-state index in [2.05, 4.69) is 4.98 Å². The summed E-state index contributed by atoms with van der Waals surface area (Å²) in [6.45, 7) is 2.21. The van der Waals surface area contributed by atoms with Crippen molar-refractivity contribution in [1.29, 1.82) is 0 Å². The third-order valence-corrected chi connectivity index (χ3v) is 4.08. The molecule has 96 valence electrons. The first kappa shape index (κ1) is 13.0. The zero-order valence-corrected chi connectivity index (χ0v) is 11.2. The molecule has 0 bridgehead atoms. The predicted octanol–water partition coefficient (Wildman–Crippen LogP) is 2.94. The Labute approximate surface area is 110 Å². The van der Waals surface area contributed by atoms with Gasteiger partial charge in [-0.15, -0.1) is 11.3 Å². The molecule has 1 atom stereocenters. The summed E-state index contributed by atoms with van der Waals surface area (Å²) in [6.07, 6.45) is 1.60. The molecule has 0 amide bonds. The largest absolute Gasteiger partial charge is 0.350 e. The van der Waals surface area contributed by atoms with Gasteiger partial charge in [0.05, 0.1) is 6.04 Å². The summed E-state index contributed by atoms with van der Waals surface area (Å²) in [7, 11) is 1.84. The molecular formula is C13H16FN3S. The van der Waals surface area contributed by atoms with Crippen LogP contribution in [0, 0.1) is 5.82 Å². The second-order valence-corrected chi connectivity index (χ2v) is 5.09. The zero-order chi connectivity index (χ0) is 13.1. The van der Waals surface area contributed by atoms with Crippen LogP contribution in [-0.4, -0.2) is 12.0 Å². The molecule has 5 heteroatoms. The smallest absolute Gasteiger partial charge is 0.170 e. The molecule has 2 N–H and O–H groups in total. The predicted molar refractivity (Wildman–Crippen MR) is 73.2 cm³/mol. The SMILES string of the molecule is CC(c1cccs1)N(C)c1nccc(CN)c1F. The Morgan fingerprint density at radius 2 is 2.28 bits per heavy atom. The van der Waals surface area contributed by atoms with Gasteiger partial charge in [0, 0.05) is 30.2 Å². The summed E-state index contributed by atoms with van der Waals surface area (Å²) in [5.74, 6) is 0.0183. The first-order chi connectivity index (χ1) is 8.65. The summed E-state index contributed by atoms with van der Waals surface area (Å²) >= 11 is 1.65. The Balaban J connectivity index is 2.31. The molecule has 0 spiro atoms. The van der Waals surface area contributed by atoms with Crippen LogP contribution in [0.1, 0.15) is 23.4 Å². The number of rotatable bonds is 4. The highest BCUT2D eigenvalue weighted by atomic mass is 32.1. The number of thiophene rings is 1. The Bertz CT molecular complexity index is 513. The van der Waals surface area contributed by atoms with Gasteiger partial charge >= 0.3 is 0 Å². The highest BCUT2D eigenvalue weighted by molar-refractivity contribution is 7.10. The van der Waals surface area contributed by atoms with Crippen molar-refractivity contribution in [2.24, 2.45) is 5.73 Å². The van der Waals surface area contributed by atoms with Gasteiger partial charge < -0.3 is 10.6 Å². The molecule has 3 nitrogen and oxygen atoms in total. The third-order valence-electron chi connectivity index (χ3n) is 3.04. The quantitative estimate of drug-likeness (QED) is 0.924. The number of aromatic nitrogens is 1. The molecule has 0 aromatic carbocycles. The van der Waals surface area contributed by atoms with Gasteiger partial charge in [0.1, 0.15) is 0 Å². The maximum Gasteiger partial charge on any atom is 0.170 e. The van der Waals surface area contributed by atoms with Crippen LogP contribution in [0.4, 0.5) is 10.2 Å². The van der Waals surface area contributed by atoms with Crippen LogP contribution in [0.5, 0.6) is 0 Å². The van der Waals surface area contributed by atoms with E-state index in [-0.39, 0.29) is 18.4 Å². The van der Waals surface area contributed by atoms with Gasteiger partial charge in [-0.1, -0.05) is 6.07 Å². The molecule has 0 aliphatic heterocycles. The normalized spacial score (nSPS) is 12.4. The van der Waals surface area contributed by atoms with Gasteiger partial charge in [0.2, 0.25) is 0 Å². The number of halogens is 1. The van der Waals surface area contributed by atoms with E-state index in [9.17, 15) is 4.39 Å². The average Bonchev–Trinajstić information content (AvgIpc) is 2.91. The summed E-state index contributed by atoms with van der Waals surface area (Å²) in [4.78, 5) is 7.13. The van der Waals surface area contributed by atoms with Gasteiger partial charge in [0.25, 0.3) is 0 Å². The Hall–Kier alpha value is -1.46. The fourth-order valence-corrected chi connectivity index (χ4v) is 2.60. The van der Waals surface area contributed by atoms with Gasteiger partial charge in [-0.05, 0) is 24.4 Å². The molecule has 0 saturated carbocycles. The van der Waals surface area contributed by atoms with E-state index in [4.69, 9.17) is 5.73 Å². The molecule has 2 aromatic rings. The number of pyridine rings is 1. The van der Waals surface area contributed by atoms with Crippen molar-refractivity contribution in [3.8, 4) is 0 Å². The van der Waals surface area contributed by atoms with E-state index < -0.39 is 0 Å². The molecule has 0 radical (unpaired) electrons. The summed E-state index contributed by atoms with van der Waals surface area (Å²) < 4.78 is 14.1. The molecule has 2 rings (SSSR count). The fraction of sp³-hybridized carbons (Fsp3) is 0.308. The van der Waals surface area contributed by atoms with E-state index >= 15 is 0 Å². The molecule has 18 heavy (non-hydrogen) atoms. The molecule has 2 heterocycles. The lowest BCUT2D eigenvalue weighted by Gasteiger charge is -2.25. The van der Waals surface area contributed by atoms with Crippen molar-refractivity contribution in [2.45, 2.75) is 19.5 Å². The van der Waals surface area contributed by atoms with Crippen LogP contribution in [-0.2, 0) is 6.54 Å². The van der Waals surface area contributed by atoms with Gasteiger partial charge in [0.15, 0.2) is 11.6 Å². The molecule has 0 aliphatic rings. The second kappa shape index (κ2) is 5.46. The number of anilines is 1. The van der Waals surface area contributed by atoms with Crippen LogP contribution < -0.4 is 10.6 Å². The Morgan fingerprint density at radius 1 is 1.50 bits per heavy atom. The maximum absolute atomic E-state index is 14.1. The van der Waals surface area contributed by atoms with E-state index in [1.807, 2.05) is 36.4 Å². The topological polar surface area (TPSA) is 42.2 Å². The van der Waals surface area contributed by atoms with E-state index in [1.165, 1.54) is 4.88 Å². The minimum atomic E-state index is -0.328. The second-order valence-electron chi connectivity index (χ2n) is 4.11. The monoisotopic (exact) mass is 265 g/mol. The lowest BCUT2D eigenvalue weighted by atomic mass is 10.2.